The zero-order chi connectivity index (χ0) is 14.4. The summed E-state index contributed by atoms with van der Waals surface area (Å²) in [4.78, 5) is 15.8. The van der Waals surface area contributed by atoms with Crippen molar-refractivity contribution in [2.75, 3.05) is 7.05 Å². The van der Waals surface area contributed by atoms with Gasteiger partial charge in [-0.1, -0.05) is 19.1 Å². The van der Waals surface area contributed by atoms with Crippen molar-refractivity contribution in [2.24, 2.45) is 0 Å². The zero-order valence-corrected chi connectivity index (χ0v) is 12.5. The van der Waals surface area contributed by atoms with Gasteiger partial charge < -0.3 is 10.6 Å². The summed E-state index contributed by atoms with van der Waals surface area (Å²) in [6.45, 7) is 2.92. The number of amides is 1. The maximum atomic E-state index is 11.5. The van der Waals surface area contributed by atoms with E-state index in [1.54, 1.807) is 18.4 Å². The molecule has 0 fully saturated rings. The second-order valence-corrected chi connectivity index (χ2v) is 5.41. The molecule has 4 nitrogen and oxygen atoms in total. The van der Waals surface area contributed by atoms with Gasteiger partial charge in [-0.15, -0.1) is 11.3 Å². The fourth-order valence-corrected chi connectivity index (χ4v) is 2.77. The molecular formula is C15H19N3OS. The lowest BCUT2D eigenvalue weighted by molar-refractivity contribution is 0.0963. The minimum atomic E-state index is -0.0567. The molecule has 2 rings (SSSR count). The first-order valence-electron chi connectivity index (χ1n) is 6.68. The Morgan fingerprint density at radius 2 is 2.10 bits per heavy atom. The lowest BCUT2D eigenvalue weighted by Crippen LogP contribution is -2.20. The van der Waals surface area contributed by atoms with Crippen LogP contribution in [-0.2, 0) is 6.54 Å². The van der Waals surface area contributed by atoms with Crippen LogP contribution in [0, 0.1) is 0 Å². The molecule has 1 aromatic heterocycles. The van der Waals surface area contributed by atoms with Crippen molar-refractivity contribution in [3.63, 3.8) is 0 Å². The molecule has 5 heteroatoms. The summed E-state index contributed by atoms with van der Waals surface area (Å²) < 4.78 is 0. The molecule has 0 bridgehead atoms. The van der Waals surface area contributed by atoms with E-state index in [-0.39, 0.29) is 11.9 Å². The van der Waals surface area contributed by atoms with Gasteiger partial charge in [-0.3, -0.25) is 4.79 Å². The van der Waals surface area contributed by atoms with Gasteiger partial charge in [0.25, 0.3) is 5.91 Å². The molecule has 0 aliphatic rings. The first kappa shape index (κ1) is 14.7. The van der Waals surface area contributed by atoms with Crippen LogP contribution < -0.4 is 10.6 Å². The number of thiazole rings is 1. The number of carbonyl (C=O) groups excluding carboxylic acids is 1. The quantitative estimate of drug-likeness (QED) is 0.859. The van der Waals surface area contributed by atoms with E-state index < -0.39 is 0 Å². The lowest BCUT2D eigenvalue weighted by atomic mass is 10.1. The summed E-state index contributed by atoms with van der Waals surface area (Å²) in [5.41, 5.74) is 1.84. The van der Waals surface area contributed by atoms with E-state index in [9.17, 15) is 4.79 Å². The Labute approximate surface area is 123 Å². The van der Waals surface area contributed by atoms with Gasteiger partial charge in [-0.2, -0.15) is 0 Å². The summed E-state index contributed by atoms with van der Waals surface area (Å²) in [7, 11) is 1.64. The Hall–Kier alpha value is -1.72. The van der Waals surface area contributed by atoms with Gasteiger partial charge in [0.05, 0.1) is 6.04 Å². The van der Waals surface area contributed by atoms with Crippen molar-refractivity contribution in [2.45, 2.75) is 25.9 Å². The minimum absolute atomic E-state index is 0.0567. The molecule has 1 atom stereocenters. The molecule has 2 N–H and O–H groups in total. The van der Waals surface area contributed by atoms with Crippen LogP contribution in [0.4, 0.5) is 0 Å². The molecule has 2 aromatic rings. The maximum absolute atomic E-state index is 11.5. The minimum Gasteiger partial charge on any atom is -0.355 e. The Morgan fingerprint density at radius 1 is 1.35 bits per heavy atom. The number of aromatic nitrogens is 1. The van der Waals surface area contributed by atoms with Crippen molar-refractivity contribution in [3.05, 3.63) is 52.0 Å². The van der Waals surface area contributed by atoms with Gasteiger partial charge in [0.2, 0.25) is 0 Å². The summed E-state index contributed by atoms with van der Waals surface area (Å²) in [6.07, 6.45) is 2.84. The van der Waals surface area contributed by atoms with Crippen molar-refractivity contribution < 1.29 is 4.79 Å². The average molecular weight is 289 g/mol. The molecular weight excluding hydrogens is 270 g/mol. The van der Waals surface area contributed by atoms with Crippen LogP contribution in [0.1, 0.15) is 40.3 Å². The largest absolute Gasteiger partial charge is 0.355 e. The third-order valence-corrected chi connectivity index (χ3v) is 4.04. The van der Waals surface area contributed by atoms with E-state index in [2.05, 4.69) is 22.5 Å². The molecule has 0 spiro atoms. The third-order valence-electron chi connectivity index (χ3n) is 3.15. The molecule has 0 radical (unpaired) electrons. The molecule has 0 aliphatic carbocycles. The molecule has 0 aliphatic heterocycles. The predicted octanol–water partition coefficient (Wildman–Crippen LogP) is 2.74. The molecule has 0 saturated heterocycles. The SMILES string of the molecule is CCC(NCc1ccc(C(=O)NC)cc1)c1nccs1. The highest BCUT2D eigenvalue weighted by atomic mass is 32.1. The Balaban J connectivity index is 1.95. The van der Waals surface area contributed by atoms with E-state index in [1.165, 1.54) is 0 Å². The first-order valence-corrected chi connectivity index (χ1v) is 7.56. The number of nitrogens with one attached hydrogen (secondary N) is 2. The molecule has 1 amide bonds. The van der Waals surface area contributed by atoms with Crippen LogP contribution in [0.25, 0.3) is 0 Å². The van der Waals surface area contributed by atoms with E-state index in [4.69, 9.17) is 0 Å². The fourth-order valence-electron chi connectivity index (χ4n) is 1.97. The highest BCUT2D eigenvalue weighted by Crippen LogP contribution is 2.19. The second-order valence-electron chi connectivity index (χ2n) is 4.49. The van der Waals surface area contributed by atoms with Crippen LogP contribution in [-0.4, -0.2) is 17.9 Å². The molecule has 1 unspecified atom stereocenters. The van der Waals surface area contributed by atoms with E-state index in [0.29, 0.717) is 5.56 Å². The number of nitrogens with zero attached hydrogens (tertiary/aromatic N) is 1. The van der Waals surface area contributed by atoms with E-state index in [0.717, 1.165) is 23.5 Å². The Morgan fingerprint density at radius 3 is 2.65 bits per heavy atom. The summed E-state index contributed by atoms with van der Waals surface area (Å²) in [6, 6.07) is 7.94. The standard InChI is InChI=1S/C15H19N3OS/c1-3-13(15-17-8-9-20-15)18-10-11-4-6-12(7-5-11)14(19)16-2/h4-9,13,18H,3,10H2,1-2H3,(H,16,19). The van der Waals surface area contributed by atoms with Crippen LogP contribution in [0.5, 0.6) is 0 Å². The highest BCUT2D eigenvalue weighted by molar-refractivity contribution is 7.09. The van der Waals surface area contributed by atoms with Crippen molar-refractivity contribution in [1.29, 1.82) is 0 Å². The topological polar surface area (TPSA) is 54.0 Å². The third kappa shape index (κ3) is 3.65. The maximum Gasteiger partial charge on any atom is 0.251 e. The summed E-state index contributed by atoms with van der Waals surface area (Å²) in [5.74, 6) is -0.0567. The summed E-state index contributed by atoms with van der Waals surface area (Å²) in [5, 5.41) is 9.23. The molecule has 1 heterocycles. The average Bonchev–Trinajstić information content (AvgIpc) is 3.02. The van der Waals surface area contributed by atoms with Crippen LogP contribution in [0.15, 0.2) is 35.8 Å². The van der Waals surface area contributed by atoms with Crippen LogP contribution in [0.3, 0.4) is 0 Å². The van der Waals surface area contributed by atoms with Crippen molar-refractivity contribution in [1.82, 2.24) is 15.6 Å². The number of hydrogen-bond acceptors (Lipinski definition) is 4. The van der Waals surface area contributed by atoms with Crippen LogP contribution in [0.2, 0.25) is 0 Å². The second kappa shape index (κ2) is 7.17. The van der Waals surface area contributed by atoms with Gasteiger partial charge >= 0.3 is 0 Å². The lowest BCUT2D eigenvalue weighted by Gasteiger charge is -2.14. The molecule has 0 saturated carbocycles. The van der Waals surface area contributed by atoms with Gasteiger partial charge in [0, 0.05) is 30.7 Å². The molecule has 1 aromatic carbocycles. The highest BCUT2D eigenvalue weighted by Gasteiger charge is 2.11. The van der Waals surface area contributed by atoms with Gasteiger partial charge in [0.15, 0.2) is 0 Å². The Bertz CT molecular complexity index is 537. The van der Waals surface area contributed by atoms with Crippen molar-refractivity contribution in [3.8, 4) is 0 Å². The smallest absolute Gasteiger partial charge is 0.251 e. The zero-order valence-electron chi connectivity index (χ0n) is 11.7. The number of rotatable bonds is 6. The van der Waals surface area contributed by atoms with Crippen LogP contribution >= 0.6 is 11.3 Å². The monoisotopic (exact) mass is 289 g/mol. The number of carbonyl (C=O) groups is 1. The number of hydrogen-bond donors (Lipinski definition) is 2. The predicted molar refractivity (Wildman–Crippen MR) is 81.8 cm³/mol. The fraction of sp³-hybridized carbons (Fsp3) is 0.333. The number of benzene rings is 1. The molecule has 20 heavy (non-hydrogen) atoms. The Kier molecular flexibility index (Phi) is 5.26. The van der Waals surface area contributed by atoms with E-state index >= 15 is 0 Å². The van der Waals surface area contributed by atoms with Crippen molar-refractivity contribution >= 4 is 17.2 Å². The normalized spacial score (nSPS) is 12.1. The van der Waals surface area contributed by atoms with E-state index in [1.807, 2.05) is 35.8 Å². The van der Waals surface area contributed by atoms with Gasteiger partial charge in [-0.05, 0) is 24.1 Å². The summed E-state index contributed by atoms with van der Waals surface area (Å²) >= 11 is 1.67. The van der Waals surface area contributed by atoms with Gasteiger partial charge in [0.1, 0.15) is 5.01 Å². The first-order chi connectivity index (χ1) is 9.74. The molecule has 106 valence electrons. The van der Waals surface area contributed by atoms with Gasteiger partial charge in [-0.25, -0.2) is 4.98 Å².